The highest BCUT2D eigenvalue weighted by Crippen LogP contribution is 2.31. The molecule has 1 unspecified atom stereocenters. The van der Waals surface area contributed by atoms with E-state index in [1.807, 2.05) is 0 Å². The summed E-state index contributed by atoms with van der Waals surface area (Å²) >= 11 is 0. The molecule has 2 N–H and O–H groups in total. The van der Waals surface area contributed by atoms with Crippen molar-refractivity contribution in [2.24, 2.45) is 0 Å². The largest absolute Gasteiger partial charge is 0.332 e. The zero-order chi connectivity index (χ0) is 14.7. The van der Waals surface area contributed by atoms with Crippen LogP contribution in [0, 0.1) is 6.92 Å². The van der Waals surface area contributed by atoms with Gasteiger partial charge in [-0.2, -0.15) is 0 Å². The zero-order valence-corrected chi connectivity index (χ0v) is 12.0. The third-order valence-electron chi connectivity index (χ3n) is 3.73. The van der Waals surface area contributed by atoms with Gasteiger partial charge in [0.2, 0.25) is 0 Å². The van der Waals surface area contributed by atoms with Crippen LogP contribution in [0.15, 0.2) is 36.8 Å². The molecule has 0 fully saturated rings. The molecule has 1 aromatic heterocycles. The van der Waals surface area contributed by atoms with Crippen LogP contribution < -0.4 is 10.6 Å². The average molecular weight is 282 g/mol. The van der Waals surface area contributed by atoms with E-state index >= 15 is 0 Å². The van der Waals surface area contributed by atoms with Crippen molar-refractivity contribution >= 4 is 6.03 Å². The number of rotatable bonds is 3. The van der Waals surface area contributed by atoms with Gasteiger partial charge in [-0.1, -0.05) is 23.8 Å². The van der Waals surface area contributed by atoms with Crippen LogP contribution in [0.25, 0.3) is 0 Å². The second-order valence-corrected chi connectivity index (χ2v) is 5.32. The van der Waals surface area contributed by atoms with E-state index in [1.54, 1.807) is 18.6 Å². The number of benzene rings is 1. The molecule has 0 saturated heterocycles. The van der Waals surface area contributed by atoms with Crippen molar-refractivity contribution in [1.29, 1.82) is 0 Å². The summed E-state index contributed by atoms with van der Waals surface area (Å²) < 4.78 is 0. The Morgan fingerprint density at radius 2 is 2.29 bits per heavy atom. The molecule has 1 heterocycles. The number of aryl methyl sites for hydroxylation is 2. The maximum Gasteiger partial charge on any atom is 0.315 e. The molecular formula is C16H18N4O. The fourth-order valence-corrected chi connectivity index (χ4v) is 2.70. The number of hydrogen-bond acceptors (Lipinski definition) is 3. The minimum absolute atomic E-state index is 0.0995. The predicted octanol–water partition coefficient (Wildman–Crippen LogP) is 2.27. The van der Waals surface area contributed by atoms with Crippen LogP contribution in [0.1, 0.15) is 34.8 Å². The Balaban J connectivity index is 1.57. The fourth-order valence-electron chi connectivity index (χ4n) is 2.70. The molecule has 1 atom stereocenters. The van der Waals surface area contributed by atoms with Crippen LogP contribution in [-0.2, 0) is 13.0 Å². The van der Waals surface area contributed by atoms with Crippen LogP contribution in [0.2, 0.25) is 0 Å². The highest BCUT2D eigenvalue weighted by atomic mass is 16.2. The molecule has 0 spiro atoms. The number of carbonyl (C=O) groups excluding carboxylic acids is 1. The first kappa shape index (κ1) is 13.5. The van der Waals surface area contributed by atoms with Gasteiger partial charge in [-0.25, -0.2) is 4.79 Å². The average Bonchev–Trinajstić information content (AvgIpc) is 2.88. The summed E-state index contributed by atoms with van der Waals surface area (Å²) in [5, 5.41) is 5.84. The lowest BCUT2D eigenvalue weighted by atomic mass is 10.1. The predicted molar refractivity (Wildman–Crippen MR) is 79.6 cm³/mol. The van der Waals surface area contributed by atoms with Crippen LogP contribution in [-0.4, -0.2) is 16.0 Å². The molecule has 1 aromatic carbocycles. The van der Waals surface area contributed by atoms with Crippen LogP contribution in [0.5, 0.6) is 0 Å². The number of carbonyl (C=O) groups is 1. The Bertz CT molecular complexity index is 642. The van der Waals surface area contributed by atoms with Crippen LogP contribution >= 0.6 is 0 Å². The maximum absolute atomic E-state index is 12.0. The van der Waals surface area contributed by atoms with Crippen molar-refractivity contribution in [3.05, 3.63) is 59.2 Å². The van der Waals surface area contributed by atoms with Gasteiger partial charge >= 0.3 is 6.03 Å². The molecule has 1 aliphatic carbocycles. The molecule has 0 radical (unpaired) electrons. The summed E-state index contributed by atoms with van der Waals surface area (Å²) in [4.78, 5) is 20.1. The molecule has 3 rings (SSSR count). The smallest absolute Gasteiger partial charge is 0.315 e. The molecule has 21 heavy (non-hydrogen) atoms. The van der Waals surface area contributed by atoms with E-state index < -0.39 is 0 Å². The van der Waals surface area contributed by atoms with E-state index in [2.05, 4.69) is 45.7 Å². The van der Waals surface area contributed by atoms with Gasteiger partial charge in [0.25, 0.3) is 0 Å². The summed E-state index contributed by atoms with van der Waals surface area (Å²) in [5.74, 6) is 0. The Morgan fingerprint density at radius 3 is 3.10 bits per heavy atom. The second kappa shape index (κ2) is 5.91. The fraction of sp³-hybridized carbons (Fsp3) is 0.312. The van der Waals surface area contributed by atoms with Gasteiger partial charge in [0.1, 0.15) is 0 Å². The van der Waals surface area contributed by atoms with Crippen molar-refractivity contribution in [2.75, 3.05) is 0 Å². The Kier molecular flexibility index (Phi) is 3.81. The van der Waals surface area contributed by atoms with Crippen molar-refractivity contribution in [1.82, 2.24) is 20.6 Å². The van der Waals surface area contributed by atoms with E-state index in [-0.39, 0.29) is 12.1 Å². The number of urea groups is 1. The highest BCUT2D eigenvalue weighted by molar-refractivity contribution is 5.74. The number of fused-ring (bicyclic) bond motifs is 1. The monoisotopic (exact) mass is 282 g/mol. The number of amides is 2. The lowest BCUT2D eigenvalue weighted by molar-refractivity contribution is 0.236. The van der Waals surface area contributed by atoms with Gasteiger partial charge in [-0.3, -0.25) is 9.97 Å². The van der Waals surface area contributed by atoms with Crippen molar-refractivity contribution < 1.29 is 4.79 Å². The van der Waals surface area contributed by atoms with E-state index in [0.29, 0.717) is 6.54 Å². The quantitative estimate of drug-likeness (QED) is 0.907. The van der Waals surface area contributed by atoms with Gasteiger partial charge in [0.15, 0.2) is 0 Å². The molecular weight excluding hydrogens is 264 g/mol. The van der Waals surface area contributed by atoms with Gasteiger partial charge in [0.05, 0.1) is 24.5 Å². The van der Waals surface area contributed by atoms with Gasteiger partial charge in [-0.05, 0) is 30.9 Å². The minimum atomic E-state index is -0.168. The van der Waals surface area contributed by atoms with E-state index in [9.17, 15) is 4.79 Å². The first-order valence-corrected chi connectivity index (χ1v) is 7.11. The Hall–Kier alpha value is -2.43. The standard InChI is InChI=1S/C16H18N4O/c1-11-2-4-14-12(8-11)3-5-15(14)20-16(21)19-10-13-9-17-6-7-18-13/h2,4,6-9,15H,3,5,10H2,1H3,(H2,19,20,21). The van der Waals surface area contributed by atoms with Gasteiger partial charge in [-0.15, -0.1) is 0 Å². The summed E-state index contributed by atoms with van der Waals surface area (Å²) in [6.07, 6.45) is 6.85. The third-order valence-corrected chi connectivity index (χ3v) is 3.73. The Labute approximate surface area is 123 Å². The molecule has 0 aliphatic heterocycles. The number of nitrogens with zero attached hydrogens (tertiary/aromatic N) is 2. The van der Waals surface area contributed by atoms with Gasteiger partial charge < -0.3 is 10.6 Å². The lowest BCUT2D eigenvalue weighted by Gasteiger charge is -2.15. The molecule has 0 bridgehead atoms. The summed E-state index contributed by atoms with van der Waals surface area (Å²) in [5.41, 5.74) is 4.58. The normalized spacial score (nSPS) is 16.3. The van der Waals surface area contributed by atoms with Crippen molar-refractivity contribution in [3.8, 4) is 0 Å². The molecule has 108 valence electrons. The SMILES string of the molecule is Cc1ccc2c(c1)CCC2NC(=O)NCc1cnccn1. The highest BCUT2D eigenvalue weighted by Gasteiger charge is 2.23. The van der Waals surface area contributed by atoms with E-state index in [1.165, 1.54) is 16.7 Å². The van der Waals surface area contributed by atoms with Gasteiger partial charge in [0, 0.05) is 12.4 Å². The molecule has 5 nitrogen and oxygen atoms in total. The zero-order valence-electron chi connectivity index (χ0n) is 12.0. The second-order valence-electron chi connectivity index (χ2n) is 5.32. The first-order chi connectivity index (χ1) is 10.2. The Morgan fingerprint density at radius 1 is 1.38 bits per heavy atom. The topological polar surface area (TPSA) is 66.9 Å². The van der Waals surface area contributed by atoms with Crippen molar-refractivity contribution in [2.45, 2.75) is 32.4 Å². The first-order valence-electron chi connectivity index (χ1n) is 7.11. The molecule has 2 aromatic rings. The third kappa shape index (κ3) is 3.18. The number of hydrogen-bond donors (Lipinski definition) is 2. The minimum Gasteiger partial charge on any atom is -0.332 e. The molecule has 0 saturated carbocycles. The summed E-state index contributed by atoms with van der Waals surface area (Å²) in [7, 11) is 0. The van der Waals surface area contributed by atoms with Crippen LogP contribution in [0.4, 0.5) is 4.79 Å². The van der Waals surface area contributed by atoms with E-state index in [4.69, 9.17) is 0 Å². The number of nitrogens with one attached hydrogen (secondary N) is 2. The maximum atomic E-state index is 12.0. The molecule has 5 heteroatoms. The molecule has 2 amide bonds. The van der Waals surface area contributed by atoms with Crippen molar-refractivity contribution in [3.63, 3.8) is 0 Å². The molecule has 1 aliphatic rings. The lowest BCUT2D eigenvalue weighted by Crippen LogP contribution is -2.37. The van der Waals surface area contributed by atoms with Crippen LogP contribution in [0.3, 0.4) is 0 Å². The number of aromatic nitrogens is 2. The summed E-state index contributed by atoms with van der Waals surface area (Å²) in [6.45, 7) is 2.47. The van der Waals surface area contributed by atoms with E-state index in [0.717, 1.165) is 18.5 Å². The summed E-state index contributed by atoms with van der Waals surface area (Å²) in [6, 6.07) is 6.34.